The van der Waals surface area contributed by atoms with Crippen molar-refractivity contribution >= 4 is 17.2 Å². The zero-order valence-electron chi connectivity index (χ0n) is 13.5. The molecule has 2 rings (SSSR count). The van der Waals surface area contributed by atoms with Crippen molar-refractivity contribution in [3.05, 3.63) is 21.4 Å². The summed E-state index contributed by atoms with van der Waals surface area (Å²) in [4.78, 5) is 14.6. The highest BCUT2D eigenvalue weighted by Crippen LogP contribution is 2.26. The van der Waals surface area contributed by atoms with E-state index in [1.54, 1.807) is 0 Å². The van der Waals surface area contributed by atoms with Gasteiger partial charge in [-0.05, 0) is 51.2 Å². The van der Waals surface area contributed by atoms with E-state index in [-0.39, 0.29) is 11.9 Å². The number of hydrogen-bond acceptors (Lipinski definition) is 3. The van der Waals surface area contributed by atoms with Gasteiger partial charge in [0.15, 0.2) is 0 Å². The van der Waals surface area contributed by atoms with Gasteiger partial charge in [0.05, 0.1) is 6.54 Å². The van der Waals surface area contributed by atoms with Gasteiger partial charge in [0.25, 0.3) is 0 Å². The molecule has 1 saturated carbocycles. The molecule has 0 saturated heterocycles. The molecule has 1 aromatic heterocycles. The molecule has 1 fully saturated rings. The van der Waals surface area contributed by atoms with E-state index in [1.807, 2.05) is 11.3 Å². The second kappa shape index (κ2) is 7.95. The first-order chi connectivity index (χ1) is 10.1. The molecule has 1 heterocycles. The Hall–Kier alpha value is -0.870. The molecule has 2 N–H and O–H groups in total. The third kappa shape index (κ3) is 5.11. The SMILES string of the molecule is Cc1cc([C@@H](C)NCC(=O)NCC2CCCCC2)c(C)s1. The molecule has 1 aliphatic rings. The lowest BCUT2D eigenvalue weighted by atomic mass is 9.89. The van der Waals surface area contributed by atoms with Crippen LogP contribution in [0.4, 0.5) is 0 Å². The lowest BCUT2D eigenvalue weighted by Gasteiger charge is -2.22. The maximum atomic E-state index is 11.9. The van der Waals surface area contributed by atoms with Crippen LogP contribution in [-0.4, -0.2) is 19.0 Å². The minimum Gasteiger partial charge on any atom is -0.355 e. The number of thiophene rings is 1. The van der Waals surface area contributed by atoms with Crippen LogP contribution < -0.4 is 10.6 Å². The van der Waals surface area contributed by atoms with Gasteiger partial charge < -0.3 is 10.6 Å². The van der Waals surface area contributed by atoms with Crippen LogP contribution in [0, 0.1) is 19.8 Å². The first-order valence-corrected chi connectivity index (χ1v) is 8.95. The zero-order valence-corrected chi connectivity index (χ0v) is 14.3. The topological polar surface area (TPSA) is 41.1 Å². The molecule has 1 aromatic rings. The fourth-order valence-corrected chi connectivity index (χ4v) is 4.17. The standard InChI is InChI=1S/C17H28N2OS/c1-12-9-16(14(3)21-12)13(2)18-11-17(20)19-10-15-7-5-4-6-8-15/h9,13,15,18H,4-8,10-11H2,1-3H3,(H,19,20)/t13-/m1/s1. The summed E-state index contributed by atoms with van der Waals surface area (Å²) in [6, 6.07) is 2.45. The summed E-state index contributed by atoms with van der Waals surface area (Å²) in [6.45, 7) is 7.66. The van der Waals surface area contributed by atoms with Crippen LogP contribution in [0.25, 0.3) is 0 Å². The predicted octanol–water partition coefficient (Wildman–Crippen LogP) is 3.71. The Kier molecular flexibility index (Phi) is 6.24. The minimum absolute atomic E-state index is 0.122. The largest absolute Gasteiger partial charge is 0.355 e. The van der Waals surface area contributed by atoms with Crippen molar-refractivity contribution in [2.75, 3.05) is 13.1 Å². The number of amides is 1. The Morgan fingerprint density at radius 3 is 2.67 bits per heavy atom. The van der Waals surface area contributed by atoms with Crippen LogP contribution in [0.5, 0.6) is 0 Å². The van der Waals surface area contributed by atoms with E-state index >= 15 is 0 Å². The molecule has 0 aromatic carbocycles. The summed E-state index contributed by atoms with van der Waals surface area (Å²) >= 11 is 1.82. The molecule has 1 amide bonds. The lowest BCUT2D eigenvalue weighted by molar-refractivity contribution is -0.120. The van der Waals surface area contributed by atoms with Crippen molar-refractivity contribution in [2.24, 2.45) is 5.92 Å². The third-order valence-corrected chi connectivity index (χ3v) is 5.41. The van der Waals surface area contributed by atoms with Gasteiger partial charge in [-0.1, -0.05) is 19.3 Å². The number of carbonyl (C=O) groups is 1. The van der Waals surface area contributed by atoms with Crippen LogP contribution >= 0.6 is 11.3 Å². The molecule has 1 aliphatic carbocycles. The number of hydrogen-bond donors (Lipinski definition) is 2. The first kappa shape index (κ1) is 16.5. The van der Waals surface area contributed by atoms with E-state index in [0.717, 1.165) is 6.54 Å². The molecular formula is C17H28N2OS. The summed E-state index contributed by atoms with van der Waals surface area (Å²) in [7, 11) is 0. The highest BCUT2D eigenvalue weighted by atomic mass is 32.1. The maximum absolute atomic E-state index is 11.9. The summed E-state index contributed by atoms with van der Waals surface area (Å²) < 4.78 is 0. The van der Waals surface area contributed by atoms with Crippen LogP contribution in [0.1, 0.15) is 60.4 Å². The van der Waals surface area contributed by atoms with Gasteiger partial charge >= 0.3 is 0 Å². The Balaban J connectivity index is 1.69. The monoisotopic (exact) mass is 308 g/mol. The van der Waals surface area contributed by atoms with E-state index in [1.165, 1.54) is 47.4 Å². The van der Waals surface area contributed by atoms with Crippen molar-refractivity contribution in [1.29, 1.82) is 0 Å². The highest BCUT2D eigenvalue weighted by Gasteiger charge is 2.15. The fourth-order valence-electron chi connectivity index (χ4n) is 3.15. The second-order valence-corrected chi connectivity index (χ2v) is 7.74. The minimum atomic E-state index is 0.122. The summed E-state index contributed by atoms with van der Waals surface area (Å²) in [5.41, 5.74) is 1.32. The lowest BCUT2D eigenvalue weighted by Crippen LogP contribution is -2.37. The molecule has 118 valence electrons. The van der Waals surface area contributed by atoms with Crippen molar-refractivity contribution in [3.63, 3.8) is 0 Å². The quantitative estimate of drug-likeness (QED) is 0.841. The van der Waals surface area contributed by atoms with Gasteiger partial charge in [-0.2, -0.15) is 0 Å². The van der Waals surface area contributed by atoms with Gasteiger partial charge in [-0.25, -0.2) is 0 Å². The fraction of sp³-hybridized carbons (Fsp3) is 0.706. The van der Waals surface area contributed by atoms with Gasteiger partial charge in [0, 0.05) is 22.3 Å². The maximum Gasteiger partial charge on any atom is 0.233 e. The van der Waals surface area contributed by atoms with Crippen LogP contribution in [0.3, 0.4) is 0 Å². The molecule has 1 atom stereocenters. The van der Waals surface area contributed by atoms with E-state index in [9.17, 15) is 4.79 Å². The summed E-state index contributed by atoms with van der Waals surface area (Å²) in [5.74, 6) is 0.818. The van der Waals surface area contributed by atoms with E-state index in [4.69, 9.17) is 0 Å². The van der Waals surface area contributed by atoms with Gasteiger partial charge in [-0.3, -0.25) is 4.79 Å². The van der Waals surface area contributed by atoms with Crippen LogP contribution in [-0.2, 0) is 4.79 Å². The average Bonchev–Trinajstić information content (AvgIpc) is 2.82. The Morgan fingerprint density at radius 1 is 1.33 bits per heavy atom. The van der Waals surface area contributed by atoms with Gasteiger partial charge in [0.1, 0.15) is 0 Å². The molecule has 0 radical (unpaired) electrons. The van der Waals surface area contributed by atoms with Crippen molar-refractivity contribution < 1.29 is 4.79 Å². The van der Waals surface area contributed by atoms with Crippen molar-refractivity contribution in [2.45, 2.75) is 58.9 Å². The molecule has 0 unspecified atom stereocenters. The molecule has 0 bridgehead atoms. The number of carbonyl (C=O) groups excluding carboxylic acids is 1. The average molecular weight is 308 g/mol. The Morgan fingerprint density at radius 2 is 2.05 bits per heavy atom. The molecule has 0 spiro atoms. The van der Waals surface area contributed by atoms with Crippen LogP contribution in [0.2, 0.25) is 0 Å². The van der Waals surface area contributed by atoms with Gasteiger partial charge in [0.2, 0.25) is 5.91 Å². The predicted molar refractivity (Wildman–Crippen MR) is 89.8 cm³/mol. The molecule has 0 aliphatic heterocycles. The Bertz CT molecular complexity index is 463. The molecule has 3 nitrogen and oxygen atoms in total. The van der Waals surface area contributed by atoms with Crippen LogP contribution in [0.15, 0.2) is 6.07 Å². The van der Waals surface area contributed by atoms with E-state index < -0.39 is 0 Å². The van der Waals surface area contributed by atoms with E-state index in [0.29, 0.717) is 12.5 Å². The molecular weight excluding hydrogens is 280 g/mol. The number of nitrogens with one attached hydrogen (secondary N) is 2. The van der Waals surface area contributed by atoms with Crippen molar-refractivity contribution in [1.82, 2.24) is 10.6 Å². The summed E-state index contributed by atoms with van der Waals surface area (Å²) in [6.07, 6.45) is 6.57. The number of aryl methyl sites for hydroxylation is 2. The first-order valence-electron chi connectivity index (χ1n) is 8.13. The van der Waals surface area contributed by atoms with E-state index in [2.05, 4.69) is 37.5 Å². The third-order valence-electron chi connectivity index (χ3n) is 4.43. The zero-order chi connectivity index (χ0) is 15.2. The second-order valence-electron chi connectivity index (χ2n) is 6.28. The molecule has 4 heteroatoms. The smallest absolute Gasteiger partial charge is 0.233 e. The van der Waals surface area contributed by atoms with Gasteiger partial charge in [-0.15, -0.1) is 11.3 Å². The molecule has 21 heavy (non-hydrogen) atoms. The highest BCUT2D eigenvalue weighted by molar-refractivity contribution is 7.12. The van der Waals surface area contributed by atoms with Crippen molar-refractivity contribution in [3.8, 4) is 0 Å². The normalized spacial score (nSPS) is 17.7. The number of rotatable bonds is 6. The Labute approximate surface area is 132 Å². The summed E-state index contributed by atoms with van der Waals surface area (Å²) in [5, 5.41) is 6.42.